The van der Waals surface area contributed by atoms with Crippen LogP contribution in [0.25, 0.3) is 33.4 Å². The molecule has 0 radical (unpaired) electrons. The highest BCUT2D eigenvalue weighted by molar-refractivity contribution is 6.07. The van der Waals surface area contributed by atoms with Gasteiger partial charge in [0.1, 0.15) is 11.3 Å². The summed E-state index contributed by atoms with van der Waals surface area (Å²) < 4.78 is 6.38. The number of unbranched alkanes of at least 4 members (excludes halogenated alkanes) is 15. The lowest BCUT2D eigenvalue weighted by molar-refractivity contribution is 0.0697. The van der Waals surface area contributed by atoms with Crippen molar-refractivity contribution in [2.45, 2.75) is 110 Å². The molecule has 0 saturated carbocycles. The van der Waals surface area contributed by atoms with Gasteiger partial charge in [0.25, 0.3) is 0 Å². The summed E-state index contributed by atoms with van der Waals surface area (Å²) in [5, 5.41) is 15.2. The Bertz CT molecular complexity index is 1490. The zero-order valence-corrected chi connectivity index (χ0v) is 27.0. The van der Waals surface area contributed by atoms with Crippen molar-refractivity contribution in [3.63, 3.8) is 0 Å². The van der Waals surface area contributed by atoms with Crippen molar-refractivity contribution in [2.24, 2.45) is 4.99 Å². The van der Waals surface area contributed by atoms with E-state index in [-0.39, 0.29) is 5.56 Å². The Labute approximate surface area is 264 Å². The molecule has 0 spiro atoms. The van der Waals surface area contributed by atoms with E-state index in [0.29, 0.717) is 11.3 Å². The normalized spacial score (nSPS) is 11.9. The van der Waals surface area contributed by atoms with E-state index in [4.69, 9.17) is 4.42 Å². The second kappa shape index (κ2) is 18.3. The van der Waals surface area contributed by atoms with Gasteiger partial charge in [-0.2, -0.15) is 0 Å². The van der Waals surface area contributed by atoms with Gasteiger partial charge in [0.05, 0.1) is 10.9 Å². The third-order valence-corrected chi connectivity index (χ3v) is 8.75. The van der Waals surface area contributed by atoms with Crippen LogP contribution < -0.4 is 10.7 Å². The Hall–Kier alpha value is -3.60. The molecule has 0 atom stereocenters. The van der Waals surface area contributed by atoms with Crippen LogP contribution in [0.4, 0.5) is 5.69 Å². The van der Waals surface area contributed by atoms with Gasteiger partial charge < -0.3 is 14.8 Å². The molecule has 2 aliphatic rings. The standard InChI is InChI=1S/C39H52N2O3/c1-3-4-5-6-7-8-9-10-11-12-13-14-15-16-17-20-27-41-31-24-26-35-37(29-31)44-36-28-30(40-2)23-25-34(36)38(35)32-21-18-19-22-33(32)39(42)43/h18-19,21-26,28-29,41H,3-17,20,27H2,1-2H3,(H,42,43)/b40-30+. The van der Waals surface area contributed by atoms with Gasteiger partial charge in [0, 0.05) is 47.9 Å². The van der Waals surface area contributed by atoms with Gasteiger partial charge in [-0.25, -0.2) is 4.79 Å². The van der Waals surface area contributed by atoms with E-state index in [9.17, 15) is 9.90 Å². The molecular formula is C39H52N2O3. The molecule has 1 aliphatic carbocycles. The van der Waals surface area contributed by atoms with Gasteiger partial charge in [0.2, 0.25) is 0 Å². The van der Waals surface area contributed by atoms with Crippen LogP contribution in [-0.4, -0.2) is 24.7 Å². The molecule has 236 valence electrons. The minimum Gasteiger partial charge on any atom is -0.478 e. The monoisotopic (exact) mass is 596 g/mol. The summed E-state index contributed by atoms with van der Waals surface area (Å²) in [5.74, 6) is -0.259. The third kappa shape index (κ3) is 9.70. The molecular weight excluding hydrogens is 544 g/mol. The van der Waals surface area contributed by atoms with Gasteiger partial charge in [-0.05, 0) is 42.3 Å². The largest absolute Gasteiger partial charge is 0.478 e. The first kappa shape index (κ1) is 33.3. The molecule has 0 unspecified atom stereocenters. The van der Waals surface area contributed by atoms with Crippen molar-refractivity contribution >= 4 is 22.6 Å². The van der Waals surface area contributed by atoms with Gasteiger partial charge in [-0.15, -0.1) is 0 Å². The molecule has 0 aromatic heterocycles. The maximum absolute atomic E-state index is 12.1. The lowest BCUT2D eigenvalue weighted by Gasteiger charge is -2.17. The molecule has 0 bridgehead atoms. The maximum atomic E-state index is 12.1. The molecule has 44 heavy (non-hydrogen) atoms. The van der Waals surface area contributed by atoms with E-state index in [0.717, 1.165) is 46.1 Å². The maximum Gasteiger partial charge on any atom is 0.336 e. The summed E-state index contributed by atoms with van der Waals surface area (Å²) >= 11 is 0. The molecule has 4 rings (SSSR count). The fraction of sp³-hybridized carbons (Fsp3) is 0.487. The van der Waals surface area contributed by atoms with E-state index in [2.05, 4.69) is 23.3 Å². The number of nitrogens with one attached hydrogen (secondary N) is 1. The number of carbonyl (C=O) groups is 1. The summed E-state index contributed by atoms with van der Waals surface area (Å²) in [6, 6.07) is 19.1. The molecule has 2 aromatic carbocycles. The van der Waals surface area contributed by atoms with E-state index >= 15 is 0 Å². The van der Waals surface area contributed by atoms with Crippen molar-refractivity contribution in [3.8, 4) is 22.5 Å². The minimum atomic E-state index is -0.944. The quantitative estimate of drug-likeness (QED) is 0.0786. The van der Waals surface area contributed by atoms with E-state index in [1.54, 1.807) is 19.2 Å². The van der Waals surface area contributed by atoms with Gasteiger partial charge in [-0.3, -0.25) is 4.99 Å². The number of anilines is 1. The smallest absolute Gasteiger partial charge is 0.336 e. The Kier molecular flexibility index (Phi) is 13.8. The minimum absolute atomic E-state index is 0.274. The number of carboxylic acid groups (broad SMARTS) is 1. The van der Waals surface area contributed by atoms with Crippen molar-refractivity contribution in [1.82, 2.24) is 0 Å². The summed E-state index contributed by atoms with van der Waals surface area (Å²) in [4.78, 5) is 16.4. The zero-order valence-electron chi connectivity index (χ0n) is 27.0. The highest BCUT2D eigenvalue weighted by Crippen LogP contribution is 2.41. The Morgan fingerprint density at radius 3 is 1.95 bits per heavy atom. The number of benzene rings is 3. The van der Waals surface area contributed by atoms with Crippen molar-refractivity contribution < 1.29 is 14.3 Å². The van der Waals surface area contributed by atoms with Gasteiger partial charge in [0.15, 0.2) is 0 Å². The summed E-state index contributed by atoms with van der Waals surface area (Å²) in [6.07, 6.45) is 21.9. The summed E-state index contributed by atoms with van der Waals surface area (Å²) in [7, 11) is 1.75. The second-order valence-corrected chi connectivity index (χ2v) is 12.2. The van der Waals surface area contributed by atoms with E-state index in [1.807, 2.05) is 42.5 Å². The highest BCUT2D eigenvalue weighted by Gasteiger charge is 2.21. The molecule has 0 amide bonds. The number of carboxylic acids is 1. The van der Waals surface area contributed by atoms with Crippen molar-refractivity contribution in [3.05, 3.63) is 71.6 Å². The average molecular weight is 597 g/mol. The number of nitrogens with zero attached hydrogens (tertiary/aromatic N) is 1. The first-order chi connectivity index (χ1) is 21.6. The second-order valence-electron chi connectivity index (χ2n) is 12.2. The summed E-state index contributed by atoms with van der Waals surface area (Å²) in [5.41, 5.74) is 4.42. The van der Waals surface area contributed by atoms with Crippen molar-refractivity contribution in [1.29, 1.82) is 0 Å². The topological polar surface area (TPSA) is 74.8 Å². The molecule has 5 nitrogen and oxygen atoms in total. The number of hydrogen-bond acceptors (Lipinski definition) is 4. The predicted molar refractivity (Wildman–Crippen MR) is 185 cm³/mol. The van der Waals surface area contributed by atoms with Crippen LogP contribution in [0.3, 0.4) is 0 Å². The SMILES string of the molecule is CCCCCCCCCCCCCCCCCCNc1ccc2c(-c3ccccc3C(=O)O)c3cc/c(=N\C)cc-3oc2c1. The molecule has 2 aromatic rings. The molecule has 1 aliphatic heterocycles. The number of aromatic carboxylic acids is 1. The first-order valence-electron chi connectivity index (χ1n) is 17.1. The van der Waals surface area contributed by atoms with Gasteiger partial charge in [-0.1, -0.05) is 121 Å². The lowest BCUT2D eigenvalue weighted by atomic mass is 9.90. The van der Waals surface area contributed by atoms with Crippen LogP contribution in [-0.2, 0) is 0 Å². The van der Waals surface area contributed by atoms with E-state index < -0.39 is 5.97 Å². The Morgan fingerprint density at radius 2 is 1.34 bits per heavy atom. The van der Waals surface area contributed by atoms with Crippen LogP contribution in [0, 0.1) is 0 Å². The van der Waals surface area contributed by atoms with Gasteiger partial charge >= 0.3 is 5.97 Å². The molecule has 0 fully saturated rings. The van der Waals surface area contributed by atoms with Crippen LogP contribution in [0.15, 0.2) is 70.1 Å². The molecule has 5 heteroatoms. The number of hydrogen-bond donors (Lipinski definition) is 2. The fourth-order valence-corrected chi connectivity index (χ4v) is 6.21. The van der Waals surface area contributed by atoms with Crippen LogP contribution >= 0.6 is 0 Å². The highest BCUT2D eigenvalue weighted by atomic mass is 16.4. The van der Waals surface area contributed by atoms with E-state index in [1.165, 1.54) is 96.3 Å². The Balaban J connectivity index is 1.25. The molecule has 2 N–H and O–H groups in total. The van der Waals surface area contributed by atoms with Crippen LogP contribution in [0.2, 0.25) is 0 Å². The number of rotatable bonds is 20. The van der Waals surface area contributed by atoms with Crippen LogP contribution in [0.5, 0.6) is 0 Å². The molecule has 0 saturated heterocycles. The third-order valence-electron chi connectivity index (χ3n) is 8.75. The summed E-state index contributed by atoms with van der Waals surface area (Å²) in [6.45, 7) is 3.21. The Morgan fingerprint density at radius 1 is 0.727 bits per heavy atom. The first-order valence-corrected chi connectivity index (χ1v) is 17.1. The average Bonchev–Trinajstić information content (AvgIpc) is 3.04. The van der Waals surface area contributed by atoms with Crippen molar-refractivity contribution in [2.75, 3.05) is 18.9 Å². The lowest BCUT2D eigenvalue weighted by Crippen LogP contribution is -2.05. The predicted octanol–water partition coefficient (Wildman–Crippen LogP) is 11.1. The fourth-order valence-electron chi connectivity index (χ4n) is 6.21. The molecule has 1 heterocycles. The number of fused-ring (bicyclic) bond motifs is 2. The van der Waals surface area contributed by atoms with Crippen LogP contribution in [0.1, 0.15) is 120 Å². The zero-order chi connectivity index (χ0) is 31.0.